The van der Waals surface area contributed by atoms with E-state index in [4.69, 9.17) is 0 Å². The lowest BCUT2D eigenvalue weighted by molar-refractivity contribution is 0.113. The van der Waals surface area contributed by atoms with Crippen molar-refractivity contribution in [3.63, 3.8) is 0 Å². The highest BCUT2D eigenvalue weighted by Crippen LogP contribution is 2.34. The Morgan fingerprint density at radius 2 is 1.82 bits per heavy atom. The van der Waals surface area contributed by atoms with Crippen LogP contribution in [0.25, 0.3) is 0 Å². The Hall–Kier alpha value is 0.180. The molecule has 1 nitrogen and oxygen atoms in total. The molecule has 0 amide bonds. The van der Waals surface area contributed by atoms with Gasteiger partial charge in [-0.15, -0.1) is 0 Å². The Balaban J connectivity index is 2.83. The van der Waals surface area contributed by atoms with E-state index in [1.165, 1.54) is 22.9 Å². The first-order valence-corrected chi connectivity index (χ1v) is 4.91. The van der Waals surface area contributed by atoms with Gasteiger partial charge < -0.3 is 5.11 Å². The summed E-state index contributed by atoms with van der Waals surface area (Å²) in [7, 11) is 0. The van der Waals surface area contributed by atoms with Gasteiger partial charge in [0, 0.05) is 0 Å². The second-order valence-electron chi connectivity index (χ2n) is 3.65. The molecule has 0 unspecified atom stereocenters. The van der Waals surface area contributed by atoms with Crippen LogP contribution in [-0.2, 0) is 0 Å². The van der Waals surface area contributed by atoms with Crippen LogP contribution in [0.5, 0.6) is 0 Å². The van der Waals surface area contributed by atoms with E-state index in [-0.39, 0.29) is 0 Å². The fraction of sp³-hybridized carbons (Fsp3) is 0.778. The van der Waals surface area contributed by atoms with Crippen molar-refractivity contribution in [2.45, 2.75) is 45.1 Å². The molecule has 0 spiro atoms. The molecular weight excluding hydrogens is 204 g/mol. The van der Waals surface area contributed by atoms with Crippen molar-refractivity contribution in [1.82, 2.24) is 0 Å². The average molecular weight is 219 g/mol. The Morgan fingerprint density at radius 3 is 2.18 bits per heavy atom. The van der Waals surface area contributed by atoms with Gasteiger partial charge in [-0.05, 0) is 49.6 Å². The summed E-state index contributed by atoms with van der Waals surface area (Å²) >= 11 is 3.51. The summed E-state index contributed by atoms with van der Waals surface area (Å²) in [6.07, 6.45) is 4.61. The number of aliphatic hydroxyl groups is 1. The van der Waals surface area contributed by atoms with E-state index in [0.717, 1.165) is 12.8 Å². The van der Waals surface area contributed by atoms with Gasteiger partial charge in [-0.1, -0.05) is 15.9 Å². The van der Waals surface area contributed by atoms with E-state index in [1.54, 1.807) is 0 Å². The molecule has 0 heterocycles. The Kier molecular flexibility index (Phi) is 2.76. The SMILES string of the molecule is CC(C)(O)C1=C(Br)CCCC1. The predicted octanol–water partition coefficient (Wildman–Crippen LogP) is 2.98. The minimum atomic E-state index is -0.626. The Labute approximate surface area is 76.6 Å². The molecule has 11 heavy (non-hydrogen) atoms. The smallest absolute Gasteiger partial charge is 0.0811 e. The Bertz CT molecular complexity index is 176. The first-order chi connectivity index (χ1) is 5.02. The zero-order valence-corrected chi connectivity index (χ0v) is 8.74. The molecule has 0 aromatic carbocycles. The summed E-state index contributed by atoms with van der Waals surface area (Å²) < 4.78 is 1.22. The van der Waals surface area contributed by atoms with Gasteiger partial charge in [-0.3, -0.25) is 0 Å². The molecule has 0 saturated heterocycles. The monoisotopic (exact) mass is 218 g/mol. The fourth-order valence-electron chi connectivity index (χ4n) is 1.51. The molecule has 64 valence electrons. The van der Waals surface area contributed by atoms with Gasteiger partial charge in [-0.2, -0.15) is 0 Å². The first-order valence-electron chi connectivity index (χ1n) is 4.12. The van der Waals surface area contributed by atoms with Crippen LogP contribution in [0.15, 0.2) is 10.1 Å². The number of hydrogen-bond donors (Lipinski definition) is 1. The number of allylic oxidation sites excluding steroid dienone is 1. The number of hydrogen-bond acceptors (Lipinski definition) is 1. The molecule has 0 aromatic rings. The van der Waals surface area contributed by atoms with E-state index in [2.05, 4.69) is 15.9 Å². The molecule has 0 aromatic heterocycles. The van der Waals surface area contributed by atoms with Crippen LogP contribution < -0.4 is 0 Å². The zero-order chi connectivity index (χ0) is 8.48. The summed E-state index contributed by atoms with van der Waals surface area (Å²) in [5, 5.41) is 9.72. The molecule has 1 aliphatic rings. The highest BCUT2D eigenvalue weighted by Gasteiger charge is 2.23. The van der Waals surface area contributed by atoms with E-state index in [0.29, 0.717) is 0 Å². The maximum atomic E-state index is 9.72. The lowest BCUT2D eigenvalue weighted by Gasteiger charge is -2.26. The number of rotatable bonds is 1. The van der Waals surface area contributed by atoms with Crippen LogP contribution in [0.3, 0.4) is 0 Å². The molecule has 0 fully saturated rings. The van der Waals surface area contributed by atoms with E-state index in [1.807, 2.05) is 13.8 Å². The fourth-order valence-corrected chi connectivity index (χ4v) is 2.47. The third-order valence-corrected chi connectivity index (χ3v) is 3.01. The average Bonchev–Trinajstić information content (AvgIpc) is 1.86. The lowest BCUT2D eigenvalue weighted by Crippen LogP contribution is -2.24. The van der Waals surface area contributed by atoms with Gasteiger partial charge in [-0.25, -0.2) is 0 Å². The molecule has 0 aliphatic heterocycles. The van der Waals surface area contributed by atoms with Crippen molar-refractivity contribution >= 4 is 15.9 Å². The van der Waals surface area contributed by atoms with Gasteiger partial charge in [0.15, 0.2) is 0 Å². The third-order valence-electron chi connectivity index (χ3n) is 2.14. The zero-order valence-electron chi connectivity index (χ0n) is 7.15. The lowest BCUT2D eigenvalue weighted by atomic mass is 9.88. The highest BCUT2D eigenvalue weighted by molar-refractivity contribution is 9.11. The number of halogens is 1. The third kappa shape index (κ3) is 2.31. The van der Waals surface area contributed by atoms with Crippen LogP contribution in [0.2, 0.25) is 0 Å². The molecule has 0 radical (unpaired) electrons. The van der Waals surface area contributed by atoms with E-state index >= 15 is 0 Å². The summed E-state index contributed by atoms with van der Waals surface area (Å²) in [6.45, 7) is 3.71. The normalized spacial score (nSPS) is 20.7. The molecule has 1 rings (SSSR count). The molecule has 2 heteroatoms. The topological polar surface area (TPSA) is 20.2 Å². The van der Waals surface area contributed by atoms with Gasteiger partial charge in [0.2, 0.25) is 0 Å². The molecule has 1 N–H and O–H groups in total. The predicted molar refractivity (Wildman–Crippen MR) is 50.7 cm³/mol. The largest absolute Gasteiger partial charge is 0.386 e. The maximum absolute atomic E-state index is 9.72. The van der Waals surface area contributed by atoms with Gasteiger partial charge in [0.1, 0.15) is 0 Å². The van der Waals surface area contributed by atoms with Gasteiger partial charge >= 0.3 is 0 Å². The van der Waals surface area contributed by atoms with Crippen molar-refractivity contribution in [3.05, 3.63) is 10.1 Å². The minimum Gasteiger partial charge on any atom is -0.386 e. The van der Waals surface area contributed by atoms with E-state index in [9.17, 15) is 5.11 Å². The van der Waals surface area contributed by atoms with Gasteiger partial charge in [0.05, 0.1) is 5.60 Å². The van der Waals surface area contributed by atoms with E-state index < -0.39 is 5.60 Å². The van der Waals surface area contributed by atoms with Crippen LogP contribution in [0, 0.1) is 0 Å². The summed E-state index contributed by atoms with van der Waals surface area (Å²) in [5.74, 6) is 0. The summed E-state index contributed by atoms with van der Waals surface area (Å²) in [6, 6.07) is 0. The quantitative estimate of drug-likeness (QED) is 0.718. The van der Waals surface area contributed by atoms with Crippen molar-refractivity contribution in [2.75, 3.05) is 0 Å². The first kappa shape index (κ1) is 9.27. The molecule has 0 bridgehead atoms. The molecule has 0 atom stereocenters. The van der Waals surface area contributed by atoms with Crippen LogP contribution in [0.4, 0.5) is 0 Å². The maximum Gasteiger partial charge on any atom is 0.0811 e. The van der Waals surface area contributed by atoms with Crippen molar-refractivity contribution in [1.29, 1.82) is 0 Å². The van der Waals surface area contributed by atoms with Gasteiger partial charge in [0.25, 0.3) is 0 Å². The van der Waals surface area contributed by atoms with Crippen molar-refractivity contribution in [3.8, 4) is 0 Å². The second-order valence-corrected chi connectivity index (χ2v) is 4.61. The molecule has 0 saturated carbocycles. The van der Waals surface area contributed by atoms with Crippen molar-refractivity contribution in [2.24, 2.45) is 0 Å². The van der Waals surface area contributed by atoms with Crippen LogP contribution >= 0.6 is 15.9 Å². The van der Waals surface area contributed by atoms with Crippen molar-refractivity contribution < 1.29 is 5.11 Å². The molecule has 1 aliphatic carbocycles. The van der Waals surface area contributed by atoms with Crippen LogP contribution in [-0.4, -0.2) is 10.7 Å². The summed E-state index contributed by atoms with van der Waals surface area (Å²) in [4.78, 5) is 0. The Morgan fingerprint density at radius 1 is 1.27 bits per heavy atom. The summed E-state index contributed by atoms with van der Waals surface area (Å²) in [5.41, 5.74) is 0.558. The highest BCUT2D eigenvalue weighted by atomic mass is 79.9. The second kappa shape index (κ2) is 3.28. The minimum absolute atomic E-state index is 0.626. The molecular formula is C9H15BrO. The van der Waals surface area contributed by atoms with Crippen LogP contribution in [0.1, 0.15) is 39.5 Å². The standard InChI is InChI=1S/C9H15BrO/c1-9(2,11)7-5-3-4-6-8(7)10/h11H,3-6H2,1-2H3.